The second kappa shape index (κ2) is 10.9. The number of piperidine rings is 1. The van der Waals surface area contributed by atoms with E-state index in [9.17, 15) is 9.59 Å². The van der Waals surface area contributed by atoms with Crippen LogP contribution in [0.15, 0.2) is 78.9 Å². The van der Waals surface area contributed by atoms with Crippen LogP contribution in [-0.4, -0.2) is 57.1 Å². The van der Waals surface area contributed by atoms with Crippen LogP contribution in [0, 0.1) is 5.92 Å². The highest BCUT2D eigenvalue weighted by atomic mass is 16.5. The molecule has 0 bridgehead atoms. The Kier molecular flexibility index (Phi) is 7.30. The molecule has 0 saturated carbocycles. The Morgan fingerprint density at radius 2 is 1.35 bits per heavy atom. The van der Waals surface area contributed by atoms with Crippen LogP contribution in [-0.2, 0) is 9.59 Å². The zero-order valence-electron chi connectivity index (χ0n) is 21.4. The monoisotopic (exact) mass is 499 g/mol. The van der Waals surface area contributed by atoms with Gasteiger partial charge in [0.15, 0.2) is 0 Å². The summed E-state index contributed by atoms with van der Waals surface area (Å²) in [7, 11) is 3.25. The molecule has 2 aliphatic rings. The summed E-state index contributed by atoms with van der Waals surface area (Å²) in [5, 5.41) is 0. The van der Waals surface area contributed by atoms with Crippen LogP contribution in [0.1, 0.15) is 24.4 Å². The van der Waals surface area contributed by atoms with Gasteiger partial charge in [-0.3, -0.25) is 9.59 Å². The van der Waals surface area contributed by atoms with Crippen molar-refractivity contribution in [3.63, 3.8) is 0 Å². The SMILES string of the molecule is COc1ccc(C2C(C(=O)N3CCN(c4ccccc4)CC3)CCC(=O)N2c2ccc(OC)cc2)cc1. The van der Waals surface area contributed by atoms with E-state index in [-0.39, 0.29) is 17.7 Å². The molecule has 192 valence electrons. The summed E-state index contributed by atoms with van der Waals surface area (Å²) >= 11 is 0. The number of carbonyl (C=O) groups is 2. The van der Waals surface area contributed by atoms with Gasteiger partial charge >= 0.3 is 0 Å². The predicted molar refractivity (Wildman–Crippen MR) is 144 cm³/mol. The number of benzene rings is 3. The number of rotatable bonds is 6. The number of methoxy groups -OCH3 is 2. The van der Waals surface area contributed by atoms with Crippen LogP contribution in [0.25, 0.3) is 0 Å². The van der Waals surface area contributed by atoms with E-state index in [1.165, 1.54) is 5.69 Å². The van der Waals surface area contributed by atoms with Crippen LogP contribution in [0.2, 0.25) is 0 Å². The average molecular weight is 500 g/mol. The van der Waals surface area contributed by atoms with Gasteiger partial charge in [0.2, 0.25) is 11.8 Å². The van der Waals surface area contributed by atoms with E-state index in [2.05, 4.69) is 17.0 Å². The predicted octanol–water partition coefficient (Wildman–Crippen LogP) is 4.54. The largest absolute Gasteiger partial charge is 0.497 e. The van der Waals surface area contributed by atoms with Crippen LogP contribution >= 0.6 is 0 Å². The van der Waals surface area contributed by atoms with E-state index in [1.807, 2.05) is 71.6 Å². The Morgan fingerprint density at radius 1 is 0.757 bits per heavy atom. The molecule has 0 spiro atoms. The highest BCUT2D eigenvalue weighted by molar-refractivity contribution is 5.97. The molecule has 0 radical (unpaired) electrons. The van der Waals surface area contributed by atoms with Crippen molar-refractivity contribution in [2.75, 3.05) is 50.2 Å². The molecule has 7 heteroatoms. The summed E-state index contributed by atoms with van der Waals surface area (Å²) in [5.41, 5.74) is 2.86. The molecule has 7 nitrogen and oxygen atoms in total. The number of piperazine rings is 1. The quantitative estimate of drug-likeness (QED) is 0.499. The van der Waals surface area contributed by atoms with E-state index < -0.39 is 6.04 Å². The topological polar surface area (TPSA) is 62.3 Å². The van der Waals surface area contributed by atoms with Crippen LogP contribution in [0.4, 0.5) is 11.4 Å². The maximum atomic E-state index is 14.0. The van der Waals surface area contributed by atoms with Crippen LogP contribution in [0.5, 0.6) is 11.5 Å². The molecule has 0 aliphatic carbocycles. The molecule has 2 saturated heterocycles. The first-order chi connectivity index (χ1) is 18.1. The van der Waals surface area contributed by atoms with Gasteiger partial charge in [-0.2, -0.15) is 0 Å². The van der Waals surface area contributed by atoms with Crippen LogP contribution < -0.4 is 19.3 Å². The van der Waals surface area contributed by atoms with Gasteiger partial charge < -0.3 is 24.2 Å². The van der Waals surface area contributed by atoms with Crippen LogP contribution in [0.3, 0.4) is 0 Å². The normalized spacial score (nSPS) is 20.1. The molecular formula is C30H33N3O4. The zero-order chi connectivity index (χ0) is 25.8. The number of amides is 2. The maximum absolute atomic E-state index is 14.0. The van der Waals surface area contributed by atoms with E-state index in [1.54, 1.807) is 19.1 Å². The molecule has 2 heterocycles. The standard InChI is InChI=1S/C30H33N3O4/c1-36-25-12-8-22(9-13-25)29-27(16-17-28(34)33(29)24-10-14-26(37-2)15-11-24)30(35)32-20-18-31(19-21-32)23-6-4-3-5-7-23/h3-15,27,29H,16-21H2,1-2H3. The second-order valence-corrected chi connectivity index (χ2v) is 9.47. The lowest BCUT2D eigenvalue weighted by Gasteiger charge is -2.44. The van der Waals surface area contributed by atoms with Crippen molar-refractivity contribution < 1.29 is 19.1 Å². The number of hydrogen-bond acceptors (Lipinski definition) is 5. The fraction of sp³-hybridized carbons (Fsp3) is 0.333. The van der Waals surface area contributed by atoms with E-state index >= 15 is 0 Å². The van der Waals surface area contributed by atoms with Crippen molar-refractivity contribution in [1.82, 2.24) is 4.90 Å². The van der Waals surface area contributed by atoms with Crippen molar-refractivity contribution in [2.24, 2.45) is 5.92 Å². The van der Waals surface area contributed by atoms with Gasteiger partial charge in [0, 0.05) is 44.0 Å². The van der Waals surface area contributed by atoms with Gasteiger partial charge in [-0.05, 0) is 60.5 Å². The summed E-state index contributed by atoms with van der Waals surface area (Å²) in [5.74, 6) is 1.25. The Morgan fingerprint density at radius 3 is 1.95 bits per heavy atom. The molecule has 37 heavy (non-hydrogen) atoms. The highest BCUT2D eigenvalue weighted by Crippen LogP contribution is 2.41. The van der Waals surface area contributed by atoms with Crippen molar-refractivity contribution >= 4 is 23.2 Å². The number of nitrogens with zero attached hydrogens (tertiary/aromatic N) is 3. The minimum atomic E-state index is -0.403. The van der Waals surface area contributed by atoms with Crippen molar-refractivity contribution in [2.45, 2.75) is 18.9 Å². The Bertz CT molecular complexity index is 1210. The summed E-state index contributed by atoms with van der Waals surface area (Å²) < 4.78 is 10.7. The molecule has 3 aromatic rings. The molecule has 0 N–H and O–H groups in total. The summed E-state index contributed by atoms with van der Waals surface area (Å²) in [6.07, 6.45) is 0.860. The fourth-order valence-electron chi connectivity index (χ4n) is 5.44. The first-order valence-electron chi connectivity index (χ1n) is 12.8. The van der Waals surface area contributed by atoms with Crippen molar-refractivity contribution in [3.05, 3.63) is 84.4 Å². The number of anilines is 2. The molecule has 2 fully saturated rings. The Labute approximate surface area is 218 Å². The molecule has 5 rings (SSSR count). The van der Waals surface area contributed by atoms with E-state index in [0.717, 1.165) is 35.8 Å². The number of carbonyl (C=O) groups excluding carboxylic acids is 2. The third-order valence-corrected chi connectivity index (χ3v) is 7.43. The molecular weight excluding hydrogens is 466 g/mol. The Hall–Kier alpha value is -4.00. The average Bonchev–Trinajstić information content (AvgIpc) is 2.97. The number of para-hydroxylation sites is 1. The first-order valence-corrected chi connectivity index (χ1v) is 12.8. The van der Waals surface area contributed by atoms with Gasteiger partial charge in [-0.15, -0.1) is 0 Å². The third kappa shape index (κ3) is 5.12. The van der Waals surface area contributed by atoms with Gasteiger partial charge in [0.1, 0.15) is 11.5 Å². The van der Waals surface area contributed by atoms with Gasteiger partial charge in [-0.25, -0.2) is 0 Å². The fourth-order valence-corrected chi connectivity index (χ4v) is 5.44. The molecule has 3 aromatic carbocycles. The minimum absolute atomic E-state index is 0.0175. The van der Waals surface area contributed by atoms with Gasteiger partial charge in [0.25, 0.3) is 0 Å². The summed E-state index contributed by atoms with van der Waals surface area (Å²) in [6, 6.07) is 25.1. The van der Waals surface area contributed by atoms with E-state index in [4.69, 9.17) is 9.47 Å². The summed E-state index contributed by atoms with van der Waals surface area (Å²) in [6.45, 7) is 2.90. The lowest BCUT2D eigenvalue weighted by atomic mass is 9.82. The molecule has 2 aliphatic heterocycles. The Balaban J connectivity index is 1.43. The minimum Gasteiger partial charge on any atom is -0.497 e. The molecule has 2 unspecified atom stereocenters. The molecule has 0 aromatic heterocycles. The summed E-state index contributed by atoms with van der Waals surface area (Å²) in [4.78, 5) is 33.4. The highest BCUT2D eigenvalue weighted by Gasteiger charge is 2.43. The van der Waals surface area contributed by atoms with Gasteiger partial charge in [-0.1, -0.05) is 30.3 Å². The molecule has 2 atom stereocenters. The number of hydrogen-bond donors (Lipinski definition) is 0. The first kappa shape index (κ1) is 24.7. The van der Waals surface area contributed by atoms with Gasteiger partial charge in [0.05, 0.1) is 26.2 Å². The zero-order valence-corrected chi connectivity index (χ0v) is 21.4. The maximum Gasteiger partial charge on any atom is 0.228 e. The lowest BCUT2D eigenvalue weighted by molar-refractivity contribution is -0.138. The smallest absolute Gasteiger partial charge is 0.228 e. The lowest BCUT2D eigenvalue weighted by Crippen LogP contribution is -2.54. The van der Waals surface area contributed by atoms with E-state index in [0.29, 0.717) is 25.9 Å². The third-order valence-electron chi connectivity index (χ3n) is 7.43. The van der Waals surface area contributed by atoms with Crippen molar-refractivity contribution in [3.8, 4) is 11.5 Å². The second-order valence-electron chi connectivity index (χ2n) is 9.47. The number of ether oxygens (including phenoxy) is 2. The van der Waals surface area contributed by atoms with Crippen molar-refractivity contribution in [1.29, 1.82) is 0 Å². The molecule has 2 amide bonds.